The van der Waals surface area contributed by atoms with Crippen LogP contribution in [-0.2, 0) is 5.41 Å². The molecule has 0 saturated carbocycles. The highest BCUT2D eigenvalue weighted by molar-refractivity contribution is 6.11. The van der Waals surface area contributed by atoms with Crippen molar-refractivity contribution in [3.63, 3.8) is 0 Å². The number of aromatic nitrogens is 4. The molecule has 2 unspecified atom stereocenters. The Balaban J connectivity index is 1.22. The highest BCUT2D eigenvalue weighted by Gasteiger charge is 2.46. The molecule has 0 radical (unpaired) electrons. The number of para-hydroxylation sites is 1. The molecule has 0 fully saturated rings. The van der Waals surface area contributed by atoms with Crippen molar-refractivity contribution >= 4 is 27.4 Å². The Morgan fingerprint density at radius 2 is 1.39 bits per heavy atom. The van der Waals surface area contributed by atoms with Gasteiger partial charge in [-0.3, -0.25) is 0 Å². The van der Waals surface area contributed by atoms with Gasteiger partial charge in [-0.2, -0.15) is 0 Å². The van der Waals surface area contributed by atoms with Crippen molar-refractivity contribution in [2.24, 2.45) is 5.92 Å². The highest BCUT2D eigenvalue weighted by Crippen LogP contribution is 2.56. The van der Waals surface area contributed by atoms with Gasteiger partial charge >= 0.3 is 0 Å². The van der Waals surface area contributed by atoms with E-state index in [2.05, 4.69) is 134 Å². The van der Waals surface area contributed by atoms with E-state index in [1.807, 2.05) is 18.2 Å². The van der Waals surface area contributed by atoms with E-state index in [9.17, 15) is 0 Å². The van der Waals surface area contributed by atoms with Crippen molar-refractivity contribution < 1.29 is 0 Å². The lowest BCUT2D eigenvalue weighted by atomic mass is 9.74. The van der Waals surface area contributed by atoms with Gasteiger partial charge < -0.3 is 4.57 Å². The van der Waals surface area contributed by atoms with Crippen LogP contribution in [-0.4, -0.2) is 19.5 Å². The molecular formula is C42H34N4. The van der Waals surface area contributed by atoms with Gasteiger partial charge in [0.05, 0.1) is 11.0 Å². The fraction of sp³-hybridized carbons (Fsp3) is 0.167. The standard InChI is InChI=1S/C42H34N4/c1-42(2)35-19-11-9-17-31(35)33-25-26-34-32-18-10-12-20-36(32)46(38(34)37(33)42)30-23-21-29(22-24-30)41-44-39(27-13-5-3-6-14-27)43-40(45-41)28-15-7-4-8-16-28/h3,5-7,9-26,31,35H,4,8H2,1-2H3. The third-order valence-corrected chi connectivity index (χ3v) is 10.1. The summed E-state index contributed by atoms with van der Waals surface area (Å²) in [6.45, 7) is 4.84. The van der Waals surface area contributed by atoms with Crippen molar-refractivity contribution in [2.45, 2.75) is 38.0 Å². The van der Waals surface area contributed by atoms with Crippen LogP contribution in [0.15, 0.2) is 134 Å². The van der Waals surface area contributed by atoms with Crippen LogP contribution in [0.4, 0.5) is 0 Å². The molecular weight excluding hydrogens is 560 g/mol. The fourth-order valence-electron chi connectivity index (χ4n) is 7.95. The molecule has 2 aromatic heterocycles. The molecule has 3 aliphatic carbocycles. The van der Waals surface area contributed by atoms with Crippen LogP contribution in [0, 0.1) is 5.92 Å². The summed E-state index contributed by atoms with van der Waals surface area (Å²) < 4.78 is 2.48. The first-order valence-corrected chi connectivity index (χ1v) is 16.3. The first kappa shape index (κ1) is 27.0. The summed E-state index contributed by atoms with van der Waals surface area (Å²) >= 11 is 0. The fourth-order valence-corrected chi connectivity index (χ4v) is 7.95. The van der Waals surface area contributed by atoms with E-state index in [0.717, 1.165) is 35.2 Å². The summed E-state index contributed by atoms with van der Waals surface area (Å²) in [5, 5.41) is 2.59. The molecule has 2 atom stereocenters. The Kier molecular flexibility index (Phi) is 6.08. The van der Waals surface area contributed by atoms with Crippen LogP contribution < -0.4 is 0 Å². The Morgan fingerprint density at radius 3 is 2.17 bits per heavy atom. The molecule has 9 rings (SSSR count). The number of benzene rings is 4. The molecule has 46 heavy (non-hydrogen) atoms. The third-order valence-electron chi connectivity index (χ3n) is 10.1. The van der Waals surface area contributed by atoms with Crippen molar-refractivity contribution in [2.75, 3.05) is 0 Å². The van der Waals surface area contributed by atoms with Crippen LogP contribution in [0.2, 0.25) is 0 Å². The van der Waals surface area contributed by atoms with Gasteiger partial charge in [0.25, 0.3) is 0 Å². The van der Waals surface area contributed by atoms with E-state index >= 15 is 0 Å². The van der Waals surface area contributed by atoms with Crippen LogP contribution in [0.25, 0.3) is 55.8 Å². The maximum absolute atomic E-state index is 4.99. The van der Waals surface area contributed by atoms with E-state index < -0.39 is 0 Å². The van der Waals surface area contributed by atoms with Gasteiger partial charge in [-0.25, -0.2) is 15.0 Å². The first-order chi connectivity index (χ1) is 22.6. The summed E-state index contributed by atoms with van der Waals surface area (Å²) in [7, 11) is 0. The Morgan fingerprint density at radius 1 is 0.674 bits per heavy atom. The molecule has 4 nitrogen and oxygen atoms in total. The number of allylic oxidation sites excluding steroid dienone is 8. The molecule has 0 amide bonds. The van der Waals surface area contributed by atoms with Gasteiger partial charge in [0, 0.05) is 39.1 Å². The second kappa shape index (κ2) is 10.3. The summed E-state index contributed by atoms with van der Waals surface area (Å²) in [6.07, 6.45) is 17.8. The Hall–Kier alpha value is -5.35. The average Bonchev–Trinajstić information content (AvgIpc) is 3.57. The molecule has 6 aromatic rings. The van der Waals surface area contributed by atoms with Crippen molar-refractivity contribution in [3.8, 4) is 28.5 Å². The number of hydrogen-bond acceptors (Lipinski definition) is 3. The molecule has 222 valence electrons. The zero-order valence-corrected chi connectivity index (χ0v) is 26.1. The van der Waals surface area contributed by atoms with E-state index in [4.69, 9.17) is 15.0 Å². The topological polar surface area (TPSA) is 43.6 Å². The molecule has 0 aliphatic heterocycles. The molecule has 0 bridgehead atoms. The molecule has 0 N–H and O–H groups in total. The van der Waals surface area contributed by atoms with Gasteiger partial charge in [0.15, 0.2) is 17.5 Å². The second-order valence-electron chi connectivity index (χ2n) is 13.2. The minimum Gasteiger partial charge on any atom is -0.309 e. The van der Waals surface area contributed by atoms with Crippen LogP contribution in [0.3, 0.4) is 0 Å². The SMILES string of the molecule is CC1(C)c2c(ccc3c4ccccc4n(-c4ccc(-c5nc(C6=CCCC=C6)nc(-c6ccccc6)n5)cc4)c23)C2C=CC=CC21. The van der Waals surface area contributed by atoms with Gasteiger partial charge in [-0.05, 0) is 65.6 Å². The second-order valence-corrected chi connectivity index (χ2v) is 13.2. The summed E-state index contributed by atoms with van der Waals surface area (Å²) in [4.78, 5) is 14.9. The third kappa shape index (κ3) is 4.10. The molecule has 4 aromatic carbocycles. The lowest BCUT2D eigenvalue weighted by Crippen LogP contribution is -2.25. The Labute approximate surface area is 269 Å². The van der Waals surface area contributed by atoms with E-state index in [1.165, 1.54) is 32.9 Å². The lowest BCUT2D eigenvalue weighted by Gasteiger charge is -2.30. The maximum atomic E-state index is 4.99. The predicted molar refractivity (Wildman–Crippen MR) is 189 cm³/mol. The molecule has 0 saturated heterocycles. The maximum Gasteiger partial charge on any atom is 0.164 e. The number of nitrogens with zero attached hydrogens (tertiary/aromatic N) is 4. The lowest BCUT2D eigenvalue weighted by molar-refractivity contribution is 0.396. The predicted octanol–water partition coefficient (Wildman–Crippen LogP) is 10.2. The summed E-state index contributed by atoms with van der Waals surface area (Å²) in [6, 6.07) is 32.5. The van der Waals surface area contributed by atoms with Crippen molar-refractivity contribution in [1.29, 1.82) is 0 Å². The zero-order valence-electron chi connectivity index (χ0n) is 26.1. The van der Waals surface area contributed by atoms with Crippen molar-refractivity contribution in [3.05, 3.63) is 150 Å². The normalized spacial score (nSPS) is 19.4. The zero-order chi connectivity index (χ0) is 30.8. The first-order valence-electron chi connectivity index (χ1n) is 16.3. The summed E-state index contributed by atoms with van der Waals surface area (Å²) in [5.74, 6) is 2.93. The van der Waals surface area contributed by atoms with Crippen LogP contribution >= 0.6 is 0 Å². The number of rotatable bonds is 4. The largest absolute Gasteiger partial charge is 0.309 e. The van der Waals surface area contributed by atoms with E-state index in [-0.39, 0.29) is 5.41 Å². The molecule has 3 aliphatic rings. The quantitative estimate of drug-likeness (QED) is 0.204. The molecule has 4 heteroatoms. The smallest absolute Gasteiger partial charge is 0.164 e. The average molecular weight is 595 g/mol. The highest BCUT2D eigenvalue weighted by atomic mass is 15.0. The molecule has 2 heterocycles. The minimum atomic E-state index is -0.00972. The van der Waals surface area contributed by atoms with E-state index in [0.29, 0.717) is 29.3 Å². The number of hydrogen-bond donors (Lipinski definition) is 0. The van der Waals surface area contributed by atoms with Crippen molar-refractivity contribution in [1.82, 2.24) is 19.5 Å². The van der Waals surface area contributed by atoms with E-state index in [1.54, 1.807) is 0 Å². The number of fused-ring (bicyclic) bond motifs is 7. The van der Waals surface area contributed by atoms with Gasteiger partial charge in [-0.1, -0.05) is 117 Å². The monoisotopic (exact) mass is 594 g/mol. The van der Waals surface area contributed by atoms with Crippen LogP contribution in [0.5, 0.6) is 0 Å². The van der Waals surface area contributed by atoms with Gasteiger partial charge in [0.1, 0.15) is 0 Å². The molecule has 0 spiro atoms. The Bertz CT molecular complexity index is 2280. The van der Waals surface area contributed by atoms with Crippen LogP contribution in [0.1, 0.15) is 49.6 Å². The van der Waals surface area contributed by atoms with Gasteiger partial charge in [-0.15, -0.1) is 0 Å². The minimum absolute atomic E-state index is 0.00972. The van der Waals surface area contributed by atoms with Gasteiger partial charge in [0.2, 0.25) is 0 Å². The summed E-state index contributed by atoms with van der Waals surface area (Å²) in [5.41, 5.74) is 9.57.